The van der Waals surface area contributed by atoms with Gasteiger partial charge in [-0.05, 0) is 30.7 Å². The largest absolute Gasteiger partial charge is 0.354 e. The molecule has 1 aromatic carbocycles. The molecule has 10 nitrogen and oxygen atoms in total. The van der Waals surface area contributed by atoms with Crippen LogP contribution in [0, 0.1) is 0 Å². The van der Waals surface area contributed by atoms with Crippen LogP contribution in [0.3, 0.4) is 0 Å². The van der Waals surface area contributed by atoms with Gasteiger partial charge in [-0.15, -0.1) is 0 Å². The molecule has 0 aliphatic carbocycles. The Labute approximate surface area is 168 Å². The van der Waals surface area contributed by atoms with Crippen molar-refractivity contribution in [2.75, 3.05) is 32.7 Å². The molecule has 2 saturated heterocycles. The van der Waals surface area contributed by atoms with Gasteiger partial charge in [0.05, 0.1) is 11.4 Å². The zero-order valence-corrected chi connectivity index (χ0v) is 16.5. The zero-order valence-electron chi connectivity index (χ0n) is 15.7. The molecule has 29 heavy (non-hydrogen) atoms. The van der Waals surface area contributed by atoms with E-state index >= 15 is 0 Å². The molecule has 11 heteroatoms. The number of amides is 4. The van der Waals surface area contributed by atoms with Gasteiger partial charge in [0.1, 0.15) is 0 Å². The Balaban J connectivity index is 1.52. The number of hydrogen-bond acceptors (Lipinski definition) is 6. The van der Waals surface area contributed by atoms with Crippen molar-refractivity contribution in [1.82, 2.24) is 19.8 Å². The van der Waals surface area contributed by atoms with E-state index in [1.807, 2.05) is 0 Å². The molecule has 2 heterocycles. The van der Waals surface area contributed by atoms with Gasteiger partial charge in [-0.2, -0.15) is 4.31 Å². The predicted molar refractivity (Wildman–Crippen MR) is 101 cm³/mol. The fourth-order valence-electron chi connectivity index (χ4n) is 3.16. The van der Waals surface area contributed by atoms with Gasteiger partial charge < -0.3 is 10.6 Å². The fourth-order valence-corrected chi connectivity index (χ4v) is 4.56. The highest BCUT2D eigenvalue weighted by Crippen LogP contribution is 2.17. The van der Waals surface area contributed by atoms with Crippen LogP contribution in [0.15, 0.2) is 29.2 Å². The third kappa shape index (κ3) is 4.80. The van der Waals surface area contributed by atoms with Crippen molar-refractivity contribution in [3.8, 4) is 0 Å². The van der Waals surface area contributed by atoms with Crippen LogP contribution in [0.25, 0.3) is 0 Å². The number of carbonyl (C=O) groups excluding carboxylic acids is 4. The molecule has 2 aliphatic heterocycles. The molecule has 0 atom stereocenters. The molecule has 0 spiro atoms. The molecular formula is C18H22N4O6S. The zero-order chi connectivity index (χ0) is 21.0. The van der Waals surface area contributed by atoms with Crippen molar-refractivity contribution in [2.45, 2.75) is 24.2 Å². The molecule has 2 aliphatic rings. The summed E-state index contributed by atoms with van der Waals surface area (Å²) in [5.74, 6) is -1.12. The molecule has 0 radical (unpaired) electrons. The molecule has 0 saturated carbocycles. The molecule has 0 aromatic heterocycles. The van der Waals surface area contributed by atoms with E-state index in [1.54, 1.807) is 0 Å². The highest BCUT2D eigenvalue weighted by molar-refractivity contribution is 7.89. The Kier molecular flexibility index (Phi) is 6.28. The van der Waals surface area contributed by atoms with Gasteiger partial charge in [0.2, 0.25) is 27.7 Å². The number of benzene rings is 1. The Morgan fingerprint density at radius 2 is 1.72 bits per heavy atom. The third-order valence-corrected chi connectivity index (χ3v) is 6.62. The lowest BCUT2D eigenvalue weighted by Crippen LogP contribution is -2.49. The first kappa shape index (κ1) is 20.9. The fraction of sp³-hybridized carbons (Fsp3) is 0.444. The summed E-state index contributed by atoms with van der Waals surface area (Å²) in [5.41, 5.74) is 0.286. The average Bonchev–Trinajstić information content (AvgIpc) is 3.03. The molecule has 0 bridgehead atoms. The van der Waals surface area contributed by atoms with Crippen molar-refractivity contribution >= 4 is 33.7 Å². The number of nitrogens with zero attached hydrogens (tertiary/aromatic N) is 2. The number of rotatable bonds is 7. The van der Waals surface area contributed by atoms with E-state index in [0.29, 0.717) is 6.42 Å². The van der Waals surface area contributed by atoms with E-state index in [2.05, 4.69) is 10.6 Å². The van der Waals surface area contributed by atoms with Crippen LogP contribution in [-0.2, 0) is 24.4 Å². The lowest BCUT2D eigenvalue weighted by molar-refractivity contribution is -0.138. The summed E-state index contributed by atoms with van der Waals surface area (Å²) in [7, 11) is -3.81. The lowest BCUT2D eigenvalue weighted by Gasteiger charge is -2.25. The van der Waals surface area contributed by atoms with E-state index in [4.69, 9.17) is 0 Å². The molecule has 1 aromatic rings. The maximum absolute atomic E-state index is 12.6. The first-order valence-corrected chi connectivity index (χ1v) is 10.7. The minimum Gasteiger partial charge on any atom is -0.354 e. The molecule has 3 rings (SSSR count). The minimum absolute atomic E-state index is 0.00908. The highest BCUT2D eigenvalue weighted by Gasteiger charge is 2.29. The Bertz CT molecular complexity index is 912. The number of hydrogen-bond donors (Lipinski definition) is 2. The van der Waals surface area contributed by atoms with E-state index in [9.17, 15) is 27.6 Å². The summed E-state index contributed by atoms with van der Waals surface area (Å²) in [6, 6.07) is 5.47. The van der Waals surface area contributed by atoms with Crippen LogP contribution in [-0.4, -0.2) is 74.0 Å². The topological polar surface area (TPSA) is 133 Å². The minimum atomic E-state index is -3.81. The maximum Gasteiger partial charge on any atom is 0.251 e. The van der Waals surface area contributed by atoms with Gasteiger partial charge in [0.25, 0.3) is 5.91 Å². The second kappa shape index (κ2) is 8.70. The SMILES string of the molecule is O=C1CN(S(=O)(=O)c2ccc(C(=O)NCCCN3C(=O)CCC3=O)cc2)CCN1. The second-order valence-electron chi connectivity index (χ2n) is 6.76. The number of imide groups is 1. The summed E-state index contributed by atoms with van der Waals surface area (Å²) in [6.45, 7) is 0.759. The van der Waals surface area contributed by atoms with E-state index in [-0.39, 0.29) is 79.7 Å². The molecule has 2 N–H and O–H groups in total. The quantitative estimate of drug-likeness (QED) is 0.431. The monoisotopic (exact) mass is 422 g/mol. The molecule has 4 amide bonds. The summed E-state index contributed by atoms with van der Waals surface area (Å²) >= 11 is 0. The van der Waals surface area contributed by atoms with Gasteiger partial charge in [0, 0.05) is 44.6 Å². The van der Waals surface area contributed by atoms with Crippen molar-refractivity contribution in [3.05, 3.63) is 29.8 Å². The van der Waals surface area contributed by atoms with E-state index in [0.717, 1.165) is 4.31 Å². The number of piperazine rings is 1. The summed E-state index contributed by atoms with van der Waals surface area (Å²) in [6.07, 6.45) is 0.914. The van der Waals surface area contributed by atoms with Crippen molar-refractivity contribution in [2.24, 2.45) is 0 Å². The average molecular weight is 422 g/mol. The summed E-state index contributed by atoms with van der Waals surface area (Å²) in [4.78, 5) is 47.9. The first-order valence-electron chi connectivity index (χ1n) is 9.27. The van der Waals surface area contributed by atoms with Gasteiger partial charge in [-0.25, -0.2) is 8.42 Å². The summed E-state index contributed by atoms with van der Waals surface area (Å²) in [5, 5.41) is 5.25. The van der Waals surface area contributed by atoms with Crippen LogP contribution in [0.2, 0.25) is 0 Å². The van der Waals surface area contributed by atoms with Gasteiger partial charge in [-0.3, -0.25) is 24.1 Å². The van der Waals surface area contributed by atoms with Crippen LogP contribution in [0.4, 0.5) is 0 Å². The van der Waals surface area contributed by atoms with Crippen LogP contribution < -0.4 is 10.6 Å². The van der Waals surface area contributed by atoms with E-state index < -0.39 is 10.0 Å². The maximum atomic E-state index is 12.6. The van der Waals surface area contributed by atoms with E-state index in [1.165, 1.54) is 29.2 Å². The van der Waals surface area contributed by atoms with Gasteiger partial charge in [0.15, 0.2) is 0 Å². The first-order chi connectivity index (χ1) is 13.8. The smallest absolute Gasteiger partial charge is 0.251 e. The predicted octanol–water partition coefficient (Wildman–Crippen LogP) is -0.924. The van der Waals surface area contributed by atoms with Crippen LogP contribution >= 0.6 is 0 Å². The number of sulfonamides is 1. The van der Waals surface area contributed by atoms with Crippen molar-refractivity contribution in [3.63, 3.8) is 0 Å². The number of likely N-dealkylation sites (tertiary alicyclic amines) is 1. The number of nitrogens with one attached hydrogen (secondary N) is 2. The van der Waals surface area contributed by atoms with Crippen LogP contribution in [0.5, 0.6) is 0 Å². The molecular weight excluding hydrogens is 400 g/mol. The standard InChI is InChI=1S/C18H22N4O6S/c23-15-12-21(11-9-19-15)29(27,28)14-4-2-13(3-5-14)18(26)20-8-1-10-22-16(24)6-7-17(22)25/h2-5H,1,6-12H2,(H,19,23)(H,20,26). The van der Waals surface area contributed by atoms with Crippen molar-refractivity contribution in [1.29, 1.82) is 0 Å². The van der Waals surface area contributed by atoms with Gasteiger partial charge in [-0.1, -0.05) is 0 Å². The second-order valence-corrected chi connectivity index (χ2v) is 8.70. The number of carbonyl (C=O) groups is 4. The Hall–Kier alpha value is -2.79. The molecule has 2 fully saturated rings. The highest BCUT2D eigenvalue weighted by atomic mass is 32.2. The summed E-state index contributed by atoms with van der Waals surface area (Å²) < 4.78 is 26.3. The Morgan fingerprint density at radius 1 is 1.07 bits per heavy atom. The van der Waals surface area contributed by atoms with Crippen LogP contribution in [0.1, 0.15) is 29.6 Å². The third-order valence-electron chi connectivity index (χ3n) is 4.76. The Morgan fingerprint density at radius 3 is 2.34 bits per heavy atom. The van der Waals surface area contributed by atoms with Gasteiger partial charge >= 0.3 is 0 Å². The van der Waals surface area contributed by atoms with Crippen molar-refractivity contribution < 1.29 is 27.6 Å². The normalized spacial score (nSPS) is 18.1. The molecule has 156 valence electrons. The lowest BCUT2D eigenvalue weighted by atomic mass is 10.2. The molecule has 0 unspecified atom stereocenters.